The van der Waals surface area contributed by atoms with E-state index in [1.807, 2.05) is 0 Å². The lowest BCUT2D eigenvalue weighted by Crippen LogP contribution is -2.21. The molecule has 32 heavy (non-hydrogen) atoms. The third-order valence-electron chi connectivity index (χ3n) is 4.06. The van der Waals surface area contributed by atoms with Gasteiger partial charge in [-0.15, -0.1) is 0 Å². The standard InChI is InChI=1S/C19H17Br7O5S/c1-29-11(7-21)9-31-19-16(25)4-13(5-17(19)26)32(27,28)12-2-14(23)18(15(24)3-12)30-8-10(22)6-20/h2-5,10-11H,6-9H2,1H3. The summed E-state index contributed by atoms with van der Waals surface area (Å²) in [7, 11) is -2.22. The fraction of sp³-hybridized carbons (Fsp3) is 0.368. The molecule has 0 spiro atoms. The molecule has 0 aliphatic carbocycles. The molecular formula is C19H17Br7O5S. The van der Waals surface area contributed by atoms with Gasteiger partial charge in [0.2, 0.25) is 9.84 Å². The van der Waals surface area contributed by atoms with Crippen LogP contribution in [0.15, 0.2) is 51.9 Å². The molecule has 0 aliphatic rings. The second-order valence-electron chi connectivity index (χ2n) is 6.32. The van der Waals surface area contributed by atoms with Crippen molar-refractivity contribution in [2.75, 3.05) is 31.0 Å². The smallest absolute Gasteiger partial charge is 0.206 e. The minimum atomic E-state index is -3.82. The van der Waals surface area contributed by atoms with E-state index in [-0.39, 0.29) is 20.7 Å². The van der Waals surface area contributed by atoms with Crippen LogP contribution in [0.2, 0.25) is 0 Å². The molecule has 0 heterocycles. The Bertz CT molecular complexity index is 998. The highest BCUT2D eigenvalue weighted by atomic mass is 79.9. The summed E-state index contributed by atoms with van der Waals surface area (Å²) in [6, 6.07) is 6.09. The van der Waals surface area contributed by atoms with E-state index in [4.69, 9.17) is 14.2 Å². The van der Waals surface area contributed by atoms with Crippen molar-refractivity contribution < 1.29 is 22.6 Å². The minimum absolute atomic E-state index is 0.111. The van der Waals surface area contributed by atoms with Crippen molar-refractivity contribution in [2.45, 2.75) is 20.7 Å². The van der Waals surface area contributed by atoms with Gasteiger partial charge in [-0.05, 0) is 88.0 Å². The van der Waals surface area contributed by atoms with Crippen molar-refractivity contribution in [1.29, 1.82) is 0 Å². The molecule has 0 fully saturated rings. The summed E-state index contributed by atoms with van der Waals surface area (Å²) < 4.78 is 45.6. The Hall–Kier alpha value is 1.31. The van der Waals surface area contributed by atoms with E-state index in [1.165, 1.54) is 24.3 Å². The molecule has 0 aliphatic heterocycles. The zero-order chi connectivity index (χ0) is 24.1. The van der Waals surface area contributed by atoms with Crippen LogP contribution in [-0.2, 0) is 14.6 Å². The van der Waals surface area contributed by atoms with Gasteiger partial charge in [-0.1, -0.05) is 47.8 Å². The summed E-state index contributed by atoms with van der Waals surface area (Å²) in [4.78, 5) is 0.346. The SMILES string of the molecule is COC(CBr)COc1c(Br)cc(S(=O)(=O)c2cc(Br)c(OCC(Br)CBr)c(Br)c2)cc1Br. The first-order valence-corrected chi connectivity index (χ1v) is 16.6. The maximum atomic E-state index is 13.3. The summed E-state index contributed by atoms with van der Waals surface area (Å²) in [5.74, 6) is 1.02. The number of ether oxygens (including phenoxy) is 3. The average Bonchev–Trinajstić information content (AvgIpc) is 2.74. The van der Waals surface area contributed by atoms with Crippen LogP contribution in [0.1, 0.15) is 0 Å². The van der Waals surface area contributed by atoms with Crippen molar-refractivity contribution >= 4 is 121 Å². The van der Waals surface area contributed by atoms with Gasteiger partial charge in [0.25, 0.3) is 0 Å². The van der Waals surface area contributed by atoms with Gasteiger partial charge in [0.15, 0.2) is 0 Å². The van der Waals surface area contributed by atoms with Crippen LogP contribution in [0.25, 0.3) is 0 Å². The van der Waals surface area contributed by atoms with Gasteiger partial charge in [-0.25, -0.2) is 8.42 Å². The minimum Gasteiger partial charge on any atom is -0.490 e. The number of rotatable bonds is 11. The second-order valence-corrected chi connectivity index (χ2v) is 14.3. The lowest BCUT2D eigenvalue weighted by molar-refractivity contribution is 0.0752. The van der Waals surface area contributed by atoms with Gasteiger partial charge >= 0.3 is 0 Å². The van der Waals surface area contributed by atoms with E-state index in [0.29, 0.717) is 47.9 Å². The Morgan fingerprint density at radius 3 is 1.53 bits per heavy atom. The second kappa shape index (κ2) is 13.6. The topological polar surface area (TPSA) is 61.8 Å². The quantitative estimate of drug-likeness (QED) is 0.215. The molecule has 0 radical (unpaired) electrons. The molecular weight excluding hydrogens is 900 g/mol. The molecule has 0 aromatic heterocycles. The first-order valence-electron chi connectivity index (χ1n) is 8.82. The zero-order valence-electron chi connectivity index (χ0n) is 16.4. The van der Waals surface area contributed by atoms with Crippen molar-refractivity contribution in [3.05, 3.63) is 42.2 Å². The van der Waals surface area contributed by atoms with Crippen molar-refractivity contribution in [3.8, 4) is 11.5 Å². The highest BCUT2D eigenvalue weighted by molar-refractivity contribution is 9.12. The molecule has 2 unspecified atom stereocenters. The number of alkyl halides is 3. The number of hydrogen-bond donors (Lipinski definition) is 0. The molecule has 0 saturated carbocycles. The molecule has 0 N–H and O–H groups in total. The Morgan fingerprint density at radius 2 is 1.19 bits per heavy atom. The lowest BCUT2D eigenvalue weighted by Gasteiger charge is -2.17. The highest BCUT2D eigenvalue weighted by Gasteiger charge is 2.24. The van der Waals surface area contributed by atoms with Crippen molar-refractivity contribution in [3.63, 3.8) is 0 Å². The third kappa shape index (κ3) is 7.65. The molecule has 2 rings (SSSR count). The Labute approximate surface area is 246 Å². The molecule has 0 saturated heterocycles. The van der Waals surface area contributed by atoms with Crippen LogP contribution >= 0.6 is 112 Å². The van der Waals surface area contributed by atoms with Gasteiger partial charge in [-0.3, -0.25) is 0 Å². The van der Waals surface area contributed by atoms with Gasteiger partial charge in [-0.2, -0.15) is 0 Å². The number of halogens is 7. The summed E-state index contributed by atoms with van der Waals surface area (Å²) in [5, 5.41) is 1.33. The number of benzene rings is 2. The van der Waals surface area contributed by atoms with Crippen LogP contribution < -0.4 is 9.47 Å². The maximum absolute atomic E-state index is 13.3. The Balaban J connectivity index is 2.35. The highest BCUT2D eigenvalue weighted by Crippen LogP contribution is 2.41. The van der Waals surface area contributed by atoms with Crippen LogP contribution in [0, 0.1) is 0 Å². The Morgan fingerprint density at radius 1 is 0.781 bits per heavy atom. The molecule has 2 aromatic rings. The van der Waals surface area contributed by atoms with Gasteiger partial charge in [0.1, 0.15) is 30.8 Å². The summed E-state index contributed by atoms with van der Waals surface area (Å²) in [6.45, 7) is 0.714. The number of sulfone groups is 1. The number of hydrogen-bond acceptors (Lipinski definition) is 5. The van der Waals surface area contributed by atoms with Gasteiger partial charge < -0.3 is 14.2 Å². The predicted molar refractivity (Wildman–Crippen MR) is 151 cm³/mol. The fourth-order valence-electron chi connectivity index (χ4n) is 2.37. The summed E-state index contributed by atoms with van der Waals surface area (Å²) >= 11 is 23.9. The van der Waals surface area contributed by atoms with Crippen LogP contribution in [-0.4, -0.2) is 50.3 Å². The van der Waals surface area contributed by atoms with Gasteiger partial charge in [0.05, 0.1) is 32.5 Å². The summed E-state index contributed by atoms with van der Waals surface area (Å²) in [5.41, 5.74) is 0. The first kappa shape index (κ1) is 29.5. The predicted octanol–water partition coefficient (Wildman–Crippen LogP) is 7.90. The largest absolute Gasteiger partial charge is 0.490 e. The van der Waals surface area contributed by atoms with E-state index in [9.17, 15) is 8.42 Å². The van der Waals surface area contributed by atoms with Crippen LogP contribution in [0.3, 0.4) is 0 Å². The molecule has 13 heteroatoms. The summed E-state index contributed by atoms with van der Waals surface area (Å²) in [6.07, 6.45) is -0.137. The number of methoxy groups -OCH3 is 1. The van der Waals surface area contributed by atoms with E-state index >= 15 is 0 Å². The normalized spacial score (nSPS) is 13.6. The van der Waals surface area contributed by atoms with Crippen LogP contribution in [0.4, 0.5) is 0 Å². The first-order chi connectivity index (χ1) is 15.0. The molecule has 5 nitrogen and oxygen atoms in total. The Kier molecular flexibility index (Phi) is 12.5. The third-order valence-corrected chi connectivity index (χ3v) is 11.1. The van der Waals surface area contributed by atoms with Gasteiger partial charge in [0, 0.05) is 17.8 Å². The van der Waals surface area contributed by atoms with E-state index < -0.39 is 9.84 Å². The fourth-order valence-corrected chi connectivity index (χ4v) is 7.94. The van der Waals surface area contributed by atoms with Crippen LogP contribution in [0.5, 0.6) is 11.5 Å². The van der Waals surface area contributed by atoms with E-state index in [0.717, 1.165) is 5.33 Å². The molecule has 178 valence electrons. The molecule has 0 bridgehead atoms. The maximum Gasteiger partial charge on any atom is 0.206 e. The van der Waals surface area contributed by atoms with Crippen molar-refractivity contribution in [2.24, 2.45) is 0 Å². The average molecular weight is 917 g/mol. The van der Waals surface area contributed by atoms with E-state index in [2.05, 4.69) is 112 Å². The lowest BCUT2D eigenvalue weighted by atomic mass is 10.3. The van der Waals surface area contributed by atoms with Crippen molar-refractivity contribution in [1.82, 2.24) is 0 Å². The molecule has 2 atom stereocenters. The monoisotopic (exact) mass is 910 g/mol. The molecule has 2 aromatic carbocycles. The van der Waals surface area contributed by atoms with E-state index in [1.54, 1.807) is 7.11 Å². The zero-order valence-corrected chi connectivity index (χ0v) is 28.3. The molecule has 0 amide bonds.